The number of benzene rings is 1. The van der Waals surface area contributed by atoms with Gasteiger partial charge in [0.2, 0.25) is 0 Å². The van der Waals surface area contributed by atoms with Gasteiger partial charge in [0, 0.05) is 18.8 Å². The van der Waals surface area contributed by atoms with Crippen LogP contribution in [-0.2, 0) is 0 Å². The molecule has 0 spiro atoms. The van der Waals surface area contributed by atoms with E-state index in [0.717, 1.165) is 38.8 Å². The van der Waals surface area contributed by atoms with Gasteiger partial charge >= 0.3 is 0 Å². The van der Waals surface area contributed by atoms with Gasteiger partial charge < -0.3 is 10.6 Å². The van der Waals surface area contributed by atoms with Crippen LogP contribution in [-0.4, -0.2) is 23.9 Å². The van der Waals surface area contributed by atoms with Crippen LogP contribution < -0.4 is 5.73 Å². The number of nitrogens with two attached hydrogens (primary N) is 1. The van der Waals surface area contributed by atoms with Crippen molar-refractivity contribution < 1.29 is 9.18 Å². The Morgan fingerprint density at radius 1 is 1.18 bits per heavy atom. The molecule has 1 amide bonds. The number of carbonyl (C=O) groups is 1. The van der Waals surface area contributed by atoms with Crippen LogP contribution in [0.15, 0.2) is 18.2 Å². The average molecular weight is 236 g/mol. The second-order valence-corrected chi connectivity index (χ2v) is 4.45. The van der Waals surface area contributed by atoms with E-state index in [4.69, 9.17) is 5.73 Å². The summed E-state index contributed by atoms with van der Waals surface area (Å²) in [6, 6.07) is 4.23. The van der Waals surface area contributed by atoms with Crippen molar-refractivity contribution in [3.05, 3.63) is 29.6 Å². The summed E-state index contributed by atoms with van der Waals surface area (Å²) in [5.74, 6) is -0.747. The van der Waals surface area contributed by atoms with Gasteiger partial charge in [-0.3, -0.25) is 4.79 Å². The molecule has 1 fully saturated rings. The highest BCUT2D eigenvalue weighted by atomic mass is 19.1. The third-order valence-electron chi connectivity index (χ3n) is 3.12. The van der Waals surface area contributed by atoms with Gasteiger partial charge in [-0.1, -0.05) is 12.8 Å². The average Bonchev–Trinajstić information content (AvgIpc) is 2.56. The van der Waals surface area contributed by atoms with Crippen molar-refractivity contribution in [2.45, 2.75) is 25.7 Å². The summed E-state index contributed by atoms with van der Waals surface area (Å²) in [6.07, 6.45) is 4.30. The molecule has 17 heavy (non-hydrogen) atoms. The Bertz CT molecular complexity index is 412. The predicted octanol–water partition coefficient (Wildman–Crippen LogP) is 2.42. The minimum atomic E-state index is -0.528. The third kappa shape index (κ3) is 2.75. The molecule has 92 valence electrons. The van der Waals surface area contributed by atoms with Gasteiger partial charge in [-0.25, -0.2) is 4.39 Å². The summed E-state index contributed by atoms with van der Waals surface area (Å²) >= 11 is 0. The van der Waals surface area contributed by atoms with Crippen molar-refractivity contribution in [1.29, 1.82) is 0 Å². The maximum atomic E-state index is 13.6. The van der Waals surface area contributed by atoms with Crippen LogP contribution in [0.4, 0.5) is 10.1 Å². The molecular weight excluding hydrogens is 219 g/mol. The van der Waals surface area contributed by atoms with Crippen molar-refractivity contribution >= 4 is 11.6 Å². The van der Waals surface area contributed by atoms with Crippen molar-refractivity contribution in [2.24, 2.45) is 0 Å². The number of likely N-dealkylation sites (tertiary alicyclic amines) is 1. The van der Waals surface area contributed by atoms with Gasteiger partial charge in [-0.2, -0.15) is 0 Å². The summed E-state index contributed by atoms with van der Waals surface area (Å²) in [4.78, 5) is 13.9. The lowest BCUT2D eigenvalue weighted by atomic mass is 10.1. The quantitative estimate of drug-likeness (QED) is 0.761. The molecule has 4 heteroatoms. The van der Waals surface area contributed by atoms with Crippen LogP contribution in [0.25, 0.3) is 0 Å². The van der Waals surface area contributed by atoms with E-state index in [2.05, 4.69) is 0 Å². The highest BCUT2D eigenvalue weighted by Crippen LogP contribution is 2.17. The first-order valence-corrected chi connectivity index (χ1v) is 6.03. The van der Waals surface area contributed by atoms with Gasteiger partial charge in [0.05, 0.1) is 5.56 Å². The molecule has 2 rings (SSSR count). The fourth-order valence-electron chi connectivity index (χ4n) is 2.15. The summed E-state index contributed by atoms with van der Waals surface area (Å²) in [5, 5.41) is 0. The monoisotopic (exact) mass is 236 g/mol. The fraction of sp³-hybridized carbons (Fsp3) is 0.462. The second kappa shape index (κ2) is 5.17. The summed E-state index contributed by atoms with van der Waals surface area (Å²) in [6.45, 7) is 1.45. The number of nitrogens with zero attached hydrogens (tertiary/aromatic N) is 1. The Hall–Kier alpha value is -1.58. The van der Waals surface area contributed by atoms with Crippen molar-refractivity contribution in [1.82, 2.24) is 4.90 Å². The molecule has 1 saturated heterocycles. The molecule has 0 saturated carbocycles. The number of anilines is 1. The highest BCUT2D eigenvalue weighted by Gasteiger charge is 2.20. The number of nitrogen functional groups attached to an aromatic ring is 1. The largest absolute Gasteiger partial charge is 0.399 e. The lowest BCUT2D eigenvalue weighted by Crippen LogP contribution is -2.32. The standard InChI is InChI=1S/C13H17FN2O/c14-12-9-10(15)5-6-11(12)13(17)16-7-3-1-2-4-8-16/h5-6,9H,1-4,7-8,15H2. The number of carbonyl (C=O) groups excluding carboxylic acids is 1. The minimum Gasteiger partial charge on any atom is -0.399 e. The Morgan fingerprint density at radius 2 is 1.82 bits per heavy atom. The van der Waals surface area contributed by atoms with Crippen LogP contribution >= 0.6 is 0 Å². The Kier molecular flexibility index (Phi) is 3.61. The molecule has 0 bridgehead atoms. The van der Waals surface area contributed by atoms with Crippen molar-refractivity contribution in [3.63, 3.8) is 0 Å². The zero-order valence-electron chi connectivity index (χ0n) is 9.79. The SMILES string of the molecule is Nc1ccc(C(=O)N2CCCCCC2)c(F)c1. The van der Waals surface area contributed by atoms with E-state index in [0.29, 0.717) is 5.69 Å². The molecule has 0 atom stereocenters. The van der Waals surface area contributed by atoms with Gasteiger partial charge in [-0.05, 0) is 31.0 Å². The van der Waals surface area contributed by atoms with Gasteiger partial charge in [0.15, 0.2) is 0 Å². The maximum absolute atomic E-state index is 13.6. The van der Waals surface area contributed by atoms with Crippen LogP contribution in [0.1, 0.15) is 36.0 Å². The summed E-state index contributed by atoms with van der Waals surface area (Å²) < 4.78 is 13.6. The number of hydrogen-bond acceptors (Lipinski definition) is 2. The maximum Gasteiger partial charge on any atom is 0.256 e. The topological polar surface area (TPSA) is 46.3 Å². The zero-order chi connectivity index (χ0) is 12.3. The highest BCUT2D eigenvalue weighted by molar-refractivity contribution is 5.94. The Balaban J connectivity index is 2.17. The first-order valence-electron chi connectivity index (χ1n) is 6.03. The van der Waals surface area contributed by atoms with Crippen LogP contribution in [0, 0.1) is 5.82 Å². The van der Waals surface area contributed by atoms with Gasteiger partial charge in [0.25, 0.3) is 5.91 Å². The second-order valence-electron chi connectivity index (χ2n) is 4.45. The molecule has 1 heterocycles. The molecule has 0 unspecified atom stereocenters. The van der Waals surface area contributed by atoms with Crippen LogP contribution in [0.3, 0.4) is 0 Å². The molecule has 2 N–H and O–H groups in total. The van der Waals surface area contributed by atoms with E-state index in [-0.39, 0.29) is 11.5 Å². The van der Waals surface area contributed by atoms with Gasteiger partial charge in [0.1, 0.15) is 5.82 Å². The molecule has 3 nitrogen and oxygen atoms in total. The molecular formula is C13H17FN2O. The van der Waals surface area contributed by atoms with E-state index in [1.165, 1.54) is 12.1 Å². The first kappa shape index (κ1) is 11.9. The van der Waals surface area contributed by atoms with Crippen LogP contribution in [0.5, 0.6) is 0 Å². The first-order chi connectivity index (χ1) is 8.18. The number of hydrogen-bond donors (Lipinski definition) is 1. The van der Waals surface area contributed by atoms with E-state index in [1.54, 1.807) is 11.0 Å². The number of halogens is 1. The third-order valence-corrected chi connectivity index (χ3v) is 3.12. The zero-order valence-corrected chi connectivity index (χ0v) is 9.79. The molecule has 1 aromatic carbocycles. The van der Waals surface area contributed by atoms with E-state index < -0.39 is 5.82 Å². The molecule has 1 aliphatic rings. The molecule has 1 aromatic rings. The Labute approximate surface area is 100 Å². The summed E-state index contributed by atoms with van der Waals surface area (Å²) in [5.41, 5.74) is 5.93. The van der Waals surface area contributed by atoms with Gasteiger partial charge in [-0.15, -0.1) is 0 Å². The molecule has 0 aliphatic carbocycles. The molecule has 0 radical (unpaired) electrons. The smallest absolute Gasteiger partial charge is 0.256 e. The van der Waals surface area contributed by atoms with Crippen molar-refractivity contribution in [3.8, 4) is 0 Å². The lowest BCUT2D eigenvalue weighted by Gasteiger charge is -2.20. The number of amides is 1. The summed E-state index contributed by atoms with van der Waals surface area (Å²) in [7, 11) is 0. The van der Waals surface area contributed by atoms with Crippen molar-refractivity contribution in [2.75, 3.05) is 18.8 Å². The number of rotatable bonds is 1. The normalized spacial score (nSPS) is 16.6. The van der Waals surface area contributed by atoms with E-state index >= 15 is 0 Å². The van der Waals surface area contributed by atoms with E-state index in [9.17, 15) is 9.18 Å². The fourth-order valence-corrected chi connectivity index (χ4v) is 2.15. The van der Waals surface area contributed by atoms with E-state index in [1.807, 2.05) is 0 Å². The Morgan fingerprint density at radius 3 is 2.41 bits per heavy atom. The van der Waals surface area contributed by atoms with Crippen LogP contribution in [0.2, 0.25) is 0 Å². The minimum absolute atomic E-state index is 0.126. The predicted molar refractivity (Wildman–Crippen MR) is 65.2 cm³/mol. The molecule has 0 aromatic heterocycles. The molecule has 1 aliphatic heterocycles. The lowest BCUT2D eigenvalue weighted by molar-refractivity contribution is 0.0757.